The zero-order valence-corrected chi connectivity index (χ0v) is 19.2. The first kappa shape index (κ1) is 22.0. The molecule has 0 bridgehead atoms. The Morgan fingerprint density at radius 1 is 1.10 bits per heavy atom. The summed E-state index contributed by atoms with van der Waals surface area (Å²) < 4.78 is 0. The van der Waals surface area contributed by atoms with Gasteiger partial charge >= 0.3 is 0 Å². The van der Waals surface area contributed by atoms with Gasteiger partial charge in [-0.25, -0.2) is 4.98 Å². The number of aryl methyl sites for hydroxylation is 2. The first-order valence-corrected chi connectivity index (χ1v) is 11.3. The molecular weight excluding hydrogens is 388 g/mol. The van der Waals surface area contributed by atoms with Crippen molar-refractivity contribution in [3.63, 3.8) is 0 Å². The van der Waals surface area contributed by atoms with Gasteiger partial charge in [-0.05, 0) is 48.9 Å². The fourth-order valence-corrected chi connectivity index (χ4v) is 4.72. The number of nitrogens with zero attached hydrogens (tertiary/aromatic N) is 2. The molecule has 1 heterocycles. The highest BCUT2D eigenvalue weighted by molar-refractivity contribution is 7.16. The zero-order chi connectivity index (χ0) is 21.7. The number of amidine groups is 1. The van der Waals surface area contributed by atoms with E-state index >= 15 is 0 Å². The maximum absolute atomic E-state index is 7.68. The number of thiazole rings is 1. The van der Waals surface area contributed by atoms with E-state index in [1.54, 1.807) is 11.3 Å². The van der Waals surface area contributed by atoms with Crippen LogP contribution in [0, 0.1) is 25.2 Å². The van der Waals surface area contributed by atoms with Gasteiger partial charge in [-0.1, -0.05) is 56.3 Å². The van der Waals surface area contributed by atoms with Crippen molar-refractivity contribution < 1.29 is 0 Å². The van der Waals surface area contributed by atoms with Crippen LogP contribution in [0.4, 0.5) is 5.13 Å². The lowest BCUT2D eigenvalue weighted by Crippen LogP contribution is -2.27. The normalized spacial score (nSPS) is 11.1. The minimum absolute atomic E-state index is 0.210. The summed E-state index contributed by atoms with van der Waals surface area (Å²) in [7, 11) is 0. The molecule has 158 valence electrons. The van der Waals surface area contributed by atoms with E-state index in [4.69, 9.17) is 16.1 Å². The number of benzene rings is 2. The molecule has 3 N–H and O–H groups in total. The van der Waals surface area contributed by atoms with Gasteiger partial charge in [-0.2, -0.15) is 0 Å². The summed E-state index contributed by atoms with van der Waals surface area (Å²) in [6, 6.07) is 17.0. The van der Waals surface area contributed by atoms with Crippen LogP contribution in [-0.4, -0.2) is 17.4 Å². The second kappa shape index (κ2) is 9.90. The topological polar surface area (TPSA) is 66.0 Å². The Hall–Kier alpha value is -2.66. The highest BCUT2D eigenvalue weighted by atomic mass is 32.1. The number of hydrogen-bond donors (Lipinski definition) is 2. The molecule has 0 aliphatic rings. The SMILES string of the molecule is Cc1ccc(-c2nc(N(CCC(=N)N)Cc3ccccc3)sc2CC(C)C)cc1C. The largest absolute Gasteiger partial charge is 0.388 e. The van der Waals surface area contributed by atoms with Gasteiger partial charge in [0.05, 0.1) is 11.5 Å². The van der Waals surface area contributed by atoms with Crippen LogP contribution < -0.4 is 10.6 Å². The van der Waals surface area contributed by atoms with E-state index in [0.717, 1.165) is 23.8 Å². The number of rotatable bonds is 9. The Morgan fingerprint density at radius 2 is 1.83 bits per heavy atom. The molecule has 0 unspecified atom stereocenters. The van der Waals surface area contributed by atoms with Crippen molar-refractivity contribution in [2.75, 3.05) is 11.4 Å². The first-order chi connectivity index (χ1) is 14.3. The molecule has 5 heteroatoms. The molecule has 4 nitrogen and oxygen atoms in total. The summed E-state index contributed by atoms with van der Waals surface area (Å²) in [5.41, 5.74) is 11.8. The van der Waals surface area contributed by atoms with Crippen molar-refractivity contribution >= 4 is 22.3 Å². The predicted molar refractivity (Wildman–Crippen MR) is 130 cm³/mol. The van der Waals surface area contributed by atoms with Gasteiger partial charge < -0.3 is 10.6 Å². The smallest absolute Gasteiger partial charge is 0.186 e. The van der Waals surface area contributed by atoms with Crippen molar-refractivity contribution in [2.45, 2.75) is 47.1 Å². The summed E-state index contributed by atoms with van der Waals surface area (Å²) >= 11 is 1.78. The van der Waals surface area contributed by atoms with Crippen molar-refractivity contribution in [3.8, 4) is 11.3 Å². The number of aromatic nitrogens is 1. The molecule has 0 amide bonds. The van der Waals surface area contributed by atoms with E-state index in [0.29, 0.717) is 18.9 Å². The fourth-order valence-electron chi connectivity index (χ4n) is 3.40. The van der Waals surface area contributed by atoms with Gasteiger partial charge in [0.2, 0.25) is 0 Å². The minimum atomic E-state index is 0.210. The zero-order valence-electron chi connectivity index (χ0n) is 18.4. The van der Waals surface area contributed by atoms with Crippen molar-refractivity contribution in [3.05, 3.63) is 70.1 Å². The van der Waals surface area contributed by atoms with Crippen molar-refractivity contribution in [1.29, 1.82) is 5.41 Å². The third-order valence-corrected chi connectivity index (χ3v) is 6.34. The van der Waals surface area contributed by atoms with E-state index in [-0.39, 0.29) is 5.84 Å². The molecule has 30 heavy (non-hydrogen) atoms. The third-order valence-electron chi connectivity index (χ3n) is 5.20. The molecule has 3 aromatic rings. The lowest BCUT2D eigenvalue weighted by molar-refractivity contribution is 0.654. The van der Waals surface area contributed by atoms with Crippen LogP contribution in [0.3, 0.4) is 0 Å². The Balaban J connectivity index is 2.00. The summed E-state index contributed by atoms with van der Waals surface area (Å²) in [6.07, 6.45) is 1.54. The van der Waals surface area contributed by atoms with E-state index in [2.05, 4.69) is 75.1 Å². The molecule has 0 saturated heterocycles. The number of nitrogens with two attached hydrogens (primary N) is 1. The van der Waals surface area contributed by atoms with Crippen LogP contribution in [0.25, 0.3) is 11.3 Å². The Labute approximate surface area is 184 Å². The predicted octanol–water partition coefficient (Wildman–Crippen LogP) is 5.96. The van der Waals surface area contributed by atoms with Crippen LogP contribution in [0.15, 0.2) is 48.5 Å². The quantitative estimate of drug-likeness (QED) is 0.332. The molecule has 3 rings (SSSR count). The molecule has 0 radical (unpaired) electrons. The minimum Gasteiger partial charge on any atom is -0.388 e. The van der Waals surface area contributed by atoms with E-state index in [1.165, 1.54) is 27.1 Å². The molecule has 2 aromatic carbocycles. The maximum Gasteiger partial charge on any atom is 0.186 e. The van der Waals surface area contributed by atoms with Crippen molar-refractivity contribution in [2.24, 2.45) is 11.7 Å². The van der Waals surface area contributed by atoms with Crippen LogP contribution in [0.5, 0.6) is 0 Å². The number of anilines is 1. The van der Waals surface area contributed by atoms with Gasteiger partial charge in [0.15, 0.2) is 5.13 Å². The molecule has 1 aromatic heterocycles. The fraction of sp³-hybridized carbons (Fsp3) is 0.360. The number of nitrogens with one attached hydrogen (secondary N) is 1. The lowest BCUT2D eigenvalue weighted by Gasteiger charge is -2.21. The Kier molecular flexibility index (Phi) is 7.27. The average Bonchev–Trinajstić information content (AvgIpc) is 3.11. The van der Waals surface area contributed by atoms with Gasteiger partial charge in [-0.3, -0.25) is 5.41 Å². The third kappa shape index (κ3) is 5.70. The number of hydrogen-bond acceptors (Lipinski definition) is 4. The monoisotopic (exact) mass is 420 g/mol. The van der Waals surface area contributed by atoms with Gasteiger partial charge in [-0.15, -0.1) is 11.3 Å². The van der Waals surface area contributed by atoms with E-state index in [1.807, 2.05) is 6.07 Å². The lowest BCUT2D eigenvalue weighted by atomic mass is 10.0. The van der Waals surface area contributed by atoms with Crippen LogP contribution in [0.2, 0.25) is 0 Å². The van der Waals surface area contributed by atoms with E-state index < -0.39 is 0 Å². The van der Waals surface area contributed by atoms with Crippen LogP contribution >= 0.6 is 11.3 Å². The highest BCUT2D eigenvalue weighted by Gasteiger charge is 2.19. The van der Waals surface area contributed by atoms with Crippen LogP contribution in [0.1, 0.15) is 41.8 Å². The van der Waals surface area contributed by atoms with Crippen LogP contribution in [-0.2, 0) is 13.0 Å². The molecule has 0 fully saturated rings. The van der Waals surface area contributed by atoms with Crippen molar-refractivity contribution in [1.82, 2.24) is 4.98 Å². The first-order valence-electron chi connectivity index (χ1n) is 10.5. The molecule has 0 saturated carbocycles. The summed E-state index contributed by atoms with van der Waals surface area (Å²) in [5.74, 6) is 0.768. The van der Waals surface area contributed by atoms with Gasteiger partial charge in [0.1, 0.15) is 0 Å². The average molecular weight is 421 g/mol. The Morgan fingerprint density at radius 3 is 2.47 bits per heavy atom. The van der Waals surface area contributed by atoms with Gasteiger partial charge in [0.25, 0.3) is 0 Å². The molecular formula is C25H32N4S. The summed E-state index contributed by atoms with van der Waals surface area (Å²) in [6.45, 7) is 10.2. The molecule has 0 aliphatic heterocycles. The van der Waals surface area contributed by atoms with Gasteiger partial charge in [0, 0.05) is 30.0 Å². The second-order valence-electron chi connectivity index (χ2n) is 8.35. The molecule has 0 spiro atoms. The standard InChI is InChI=1S/C25H32N4S/c1-17(2)14-22-24(21-11-10-18(3)19(4)15-21)28-25(30-22)29(13-12-23(26)27)16-20-8-6-5-7-9-20/h5-11,15,17H,12-14,16H2,1-4H3,(H3,26,27). The molecule has 0 atom stereocenters. The maximum atomic E-state index is 7.68. The second-order valence-corrected chi connectivity index (χ2v) is 9.41. The highest BCUT2D eigenvalue weighted by Crippen LogP contribution is 2.36. The molecule has 0 aliphatic carbocycles. The van der Waals surface area contributed by atoms with E-state index in [9.17, 15) is 0 Å². The summed E-state index contributed by atoms with van der Waals surface area (Å²) in [5, 5.41) is 8.69. The summed E-state index contributed by atoms with van der Waals surface area (Å²) in [4.78, 5) is 8.69. The Bertz CT molecular complexity index is 992.